The standard InChI is InChI=1S/C27H28N8O4/c1-12-23(13(2)39-33-12)18-7-20-17(8-21(18)38-4)24-25(30-20)28-14(3)29-26(24)31-22-9-19(15-5-6-15)32-35(22)16-10-34(11-16)27(36)37/h7-9,15-16H,5-6,10-11H2,1-4H3,(H,36,37)(H2,28,29,30,31). The average Bonchev–Trinajstić information content (AvgIpc) is 3.43. The first-order chi connectivity index (χ1) is 18.8. The Morgan fingerprint density at radius 1 is 1.18 bits per heavy atom. The van der Waals surface area contributed by atoms with Crippen LogP contribution in [0.5, 0.6) is 5.75 Å². The van der Waals surface area contributed by atoms with Gasteiger partial charge in [0.2, 0.25) is 0 Å². The Balaban J connectivity index is 1.35. The largest absolute Gasteiger partial charge is 0.496 e. The van der Waals surface area contributed by atoms with Crippen molar-refractivity contribution < 1.29 is 19.2 Å². The fourth-order valence-electron chi connectivity index (χ4n) is 5.51. The molecule has 12 nitrogen and oxygen atoms in total. The number of carbonyl (C=O) groups is 1. The van der Waals surface area contributed by atoms with E-state index in [1.807, 2.05) is 37.6 Å². The van der Waals surface area contributed by atoms with Crippen molar-refractivity contribution in [2.45, 2.75) is 45.6 Å². The van der Waals surface area contributed by atoms with Crippen LogP contribution < -0.4 is 10.1 Å². The number of aromatic nitrogens is 6. The van der Waals surface area contributed by atoms with E-state index in [0.717, 1.165) is 63.2 Å². The minimum atomic E-state index is -0.910. The quantitative estimate of drug-likeness (QED) is 0.275. The Morgan fingerprint density at radius 2 is 1.97 bits per heavy atom. The van der Waals surface area contributed by atoms with Crippen molar-refractivity contribution in [3.05, 3.63) is 41.2 Å². The number of aromatic amines is 1. The zero-order valence-corrected chi connectivity index (χ0v) is 22.1. The maximum absolute atomic E-state index is 11.4. The van der Waals surface area contributed by atoms with Crippen LogP contribution in [-0.4, -0.2) is 66.2 Å². The van der Waals surface area contributed by atoms with E-state index in [2.05, 4.69) is 26.5 Å². The van der Waals surface area contributed by atoms with Gasteiger partial charge < -0.3 is 29.6 Å². The number of carboxylic acid groups (broad SMARTS) is 1. The second-order valence-corrected chi connectivity index (χ2v) is 10.4. The van der Waals surface area contributed by atoms with Crippen LogP contribution in [0.4, 0.5) is 16.4 Å². The van der Waals surface area contributed by atoms with Crippen LogP contribution in [0.3, 0.4) is 0 Å². The first-order valence-corrected chi connectivity index (χ1v) is 13.0. The molecule has 0 bridgehead atoms. The van der Waals surface area contributed by atoms with Crippen molar-refractivity contribution >= 4 is 39.7 Å². The predicted molar refractivity (Wildman–Crippen MR) is 144 cm³/mol. The number of fused-ring (bicyclic) bond motifs is 3. The van der Waals surface area contributed by atoms with Crippen LogP contribution >= 0.6 is 0 Å². The van der Waals surface area contributed by atoms with Crippen LogP contribution in [0.1, 0.15) is 47.8 Å². The molecule has 1 aliphatic heterocycles. The van der Waals surface area contributed by atoms with Crippen LogP contribution in [0, 0.1) is 20.8 Å². The van der Waals surface area contributed by atoms with Crippen LogP contribution in [0.2, 0.25) is 0 Å². The summed E-state index contributed by atoms with van der Waals surface area (Å²) in [5, 5.41) is 23.6. The van der Waals surface area contributed by atoms with Crippen molar-refractivity contribution in [3.8, 4) is 16.9 Å². The smallest absolute Gasteiger partial charge is 0.407 e. The van der Waals surface area contributed by atoms with Gasteiger partial charge in [-0.05, 0) is 45.7 Å². The molecule has 0 spiro atoms. The molecule has 12 heteroatoms. The van der Waals surface area contributed by atoms with E-state index in [1.54, 1.807) is 7.11 Å². The molecule has 7 rings (SSSR count). The van der Waals surface area contributed by atoms with Crippen LogP contribution in [0.15, 0.2) is 22.7 Å². The van der Waals surface area contributed by atoms with E-state index >= 15 is 0 Å². The number of rotatable bonds is 6. The summed E-state index contributed by atoms with van der Waals surface area (Å²) < 4.78 is 13.1. The molecular weight excluding hydrogens is 500 g/mol. The summed E-state index contributed by atoms with van der Waals surface area (Å²) in [6.45, 7) is 6.47. The summed E-state index contributed by atoms with van der Waals surface area (Å²) >= 11 is 0. The van der Waals surface area contributed by atoms with Gasteiger partial charge in [-0.3, -0.25) is 0 Å². The van der Waals surface area contributed by atoms with Crippen molar-refractivity contribution in [3.63, 3.8) is 0 Å². The van der Waals surface area contributed by atoms with E-state index in [4.69, 9.17) is 19.3 Å². The summed E-state index contributed by atoms with van der Waals surface area (Å²) in [4.78, 5) is 25.7. The number of nitrogens with one attached hydrogen (secondary N) is 2. The van der Waals surface area contributed by atoms with Gasteiger partial charge in [-0.25, -0.2) is 19.4 Å². The van der Waals surface area contributed by atoms with Gasteiger partial charge in [0.25, 0.3) is 0 Å². The third kappa shape index (κ3) is 3.77. The monoisotopic (exact) mass is 528 g/mol. The maximum atomic E-state index is 11.4. The minimum absolute atomic E-state index is 0.0322. The average molecular weight is 529 g/mol. The summed E-state index contributed by atoms with van der Waals surface area (Å²) in [5.41, 5.74) is 5.18. The fraction of sp³-hybridized carbons (Fsp3) is 0.370. The molecule has 0 unspecified atom stereocenters. The van der Waals surface area contributed by atoms with Gasteiger partial charge in [0.15, 0.2) is 0 Å². The third-order valence-electron chi connectivity index (χ3n) is 7.66. The highest BCUT2D eigenvalue weighted by Gasteiger charge is 2.36. The van der Waals surface area contributed by atoms with Gasteiger partial charge in [0.05, 0.1) is 35.5 Å². The molecule has 200 valence electrons. The van der Waals surface area contributed by atoms with Gasteiger partial charge in [-0.2, -0.15) is 5.10 Å². The van der Waals surface area contributed by atoms with E-state index in [1.165, 1.54) is 4.90 Å². The maximum Gasteiger partial charge on any atom is 0.407 e. The lowest BCUT2D eigenvalue weighted by molar-refractivity contribution is 0.0818. The third-order valence-corrected chi connectivity index (χ3v) is 7.66. The SMILES string of the molecule is COc1cc2c(cc1-c1c(C)noc1C)[nH]c1nc(C)nc(Nc3cc(C4CC4)nn3C3CN(C(=O)O)C3)c12. The number of aryl methyl sites for hydroxylation is 3. The normalized spacial score (nSPS) is 15.7. The van der Waals surface area contributed by atoms with E-state index in [9.17, 15) is 9.90 Å². The number of amides is 1. The Hall–Kier alpha value is -4.61. The first kappa shape index (κ1) is 23.5. The number of hydrogen-bond acceptors (Lipinski definition) is 8. The van der Waals surface area contributed by atoms with E-state index in [0.29, 0.717) is 42.0 Å². The second kappa shape index (κ2) is 8.45. The number of anilines is 2. The minimum Gasteiger partial charge on any atom is -0.496 e. The van der Waals surface area contributed by atoms with E-state index in [-0.39, 0.29) is 6.04 Å². The van der Waals surface area contributed by atoms with Crippen molar-refractivity contribution in [2.24, 2.45) is 0 Å². The molecule has 0 atom stereocenters. The van der Waals surface area contributed by atoms with Crippen LogP contribution in [0.25, 0.3) is 33.1 Å². The molecular formula is C27H28N8O4. The Morgan fingerprint density at radius 3 is 2.64 bits per heavy atom. The zero-order valence-electron chi connectivity index (χ0n) is 22.1. The number of nitrogens with zero attached hydrogens (tertiary/aromatic N) is 6. The summed E-state index contributed by atoms with van der Waals surface area (Å²) in [6, 6.07) is 6.06. The summed E-state index contributed by atoms with van der Waals surface area (Å²) in [5.74, 6) is 3.91. The number of methoxy groups -OCH3 is 1. The highest BCUT2D eigenvalue weighted by atomic mass is 16.5. The molecule has 1 amide bonds. The Labute approximate surface area is 223 Å². The predicted octanol–water partition coefficient (Wildman–Crippen LogP) is 5.05. The van der Waals surface area contributed by atoms with Crippen molar-refractivity contribution in [1.82, 2.24) is 34.8 Å². The number of likely N-dealkylation sites (tertiary alicyclic amines) is 1. The lowest BCUT2D eigenvalue weighted by Crippen LogP contribution is -2.50. The molecule has 0 radical (unpaired) electrons. The molecule has 2 fully saturated rings. The zero-order chi connectivity index (χ0) is 27.0. The molecule has 5 aromatic rings. The van der Waals surface area contributed by atoms with Gasteiger partial charge in [-0.1, -0.05) is 5.16 Å². The van der Waals surface area contributed by atoms with Gasteiger partial charge >= 0.3 is 6.09 Å². The second-order valence-electron chi connectivity index (χ2n) is 10.4. The highest BCUT2D eigenvalue weighted by molar-refractivity contribution is 6.13. The van der Waals surface area contributed by atoms with Gasteiger partial charge in [0, 0.05) is 41.5 Å². The van der Waals surface area contributed by atoms with Crippen LogP contribution in [-0.2, 0) is 0 Å². The van der Waals surface area contributed by atoms with Crippen molar-refractivity contribution in [1.29, 1.82) is 0 Å². The molecule has 2 aliphatic rings. The first-order valence-electron chi connectivity index (χ1n) is 13.0. The number of H-pyrrole nitrogens is 1. The van der Waals surface area contributed by atoms with Gasteiger partial charge in [-0.15, -0.1) is 0 Å². The molecule has 1 aromatic carbocycles. The topological polar surface area (TPSA) is 147 Å². The number of hydrogen-bond donors (Lipinski definition) is 3. The lowest BCUT2D eigenvalue weighted by atomic mass is 10.0. The molecule has 1 saturated carbocycles. The number of benzene rings is 1. The molecule has 1 saturated heterocycles. The fourth-order valence-corrected chi connectivity index (χ4v) is 5.51. The molecule has 1 aliphatic carbocycles. The molecule has 5 heterocycles. The lowest BCUT2D eigenvalue weighted by Gasteiger charge is -2.37. The summed E-state index contributed by atoms with van der Waals surface area (Å²) in [6.07, 6.45) is 1.33. The Bertz CT molecular complexity index is 1750. The van der Waals surface area contributed by atoms with Crippen molar-refractivity contribution in [2.75, 3.05) is 25.5 Å². The van der Waals surface area contributed by atoms with Gasteiger partial charge in [0.1, 0.15) is 34.6 Å². The Kier molecular flexibility index (Phi) is 5.09. The number of ether oxygens (including phenoxy) is 1. The summed E-state index contributed by atoms with van der Waals surface area (Å²) in [7, 11) is 1.65. The highest BCUT2D eigenvalue weighted by Crippen LogP contribution is 2.43. The van der Waals surface area contributed by atoms with E-state index < -0.39 is 6.09 Å². The molecule has 39 heavy (non-hydrogen) atoms. The molecule has 4 aromatic heterocycles. The molecule has 3 N–H and O–H groups in total.